The fourth-order valence-electron chi connectivity index (χ4n) is 1.91. The molecule has 1 rings (SSSR count). The number of ether oxygens (including phenoxy) is 1. The lowest BCUT2D eigenvalue weighted by atomic mass is 10.2. The van der Waals surface area contributed by atoms with Crippen LogP contribution in [0.5, 0.6) is 0 Å². The summed E-state index contributed by atoms with van der Waals surface area (Å²) in [5.41, 5.74) is -0.435. The summed E-state index contributed by atoms with van der Waals surface area (Å²) in [6.45, 7) is 11.4. The molecule has 0 radical (unpaired) electrons. The zero-order valence-corrected chi connectivity index (χ0v) is 14.6. The Morgan fingerprint density at radius 3 is 2.62 bits per heavy atom. The molecule has 0 aliphatic rings. The molecule has 0 fully saturated rings. The Labute approximate surface area is 132 Å². The van der Waals surface area contributed by atoms with Crippen LogP contribution in [0.3, 0.4) is 0 Å². The van der Waals surface area contributed by atoms with Gasteiger partial charge in [-0.25, -0.2) is 4.79 Å². The minimum Gasteiger partial charge on any atom is -0.444 e. The quantitative estimate of drug-likeness (QED) is 0.758. The third kappa shape index (κ3) is 8.73. The second-order valence-corrected chi connectivity index (χ2v) is 7.73. The van der Waals surface area contributed by atoms with Gasteiger partial charge in [0.25, 0.3) is 0 Å². The summed E-state index contributed by atoms with van der Waals surface area (Å²) >= 11 is 1.86. The van der Waals surface area contributed by atoms with Crippen LogP contribution in [-0.4, -0.2) is 30.8 Å². The number of amides is 1. The highest BCUT2D eigenvalue weighted by Crippen LogP contribution is 2.16. The SMILES string of the molecule is Cc1ccc(CC(C)NCCCNC(=O)OC(C)(C)C)s1. The molecule has 1 aromatic rings. The molecule has 4 nitrogen and oxygen atoms in total. The molecule has 0 saturated heterocycles. The fraction of sp³-hybridized carbons (Fsp3) is 0.688. The Balaban J connectivity index is 2.07. The number of carbonyl (C=O) groups excluding carboxylic acids is 1. The highest BCUT2D eigenvalue weighted by atomic mass is 32.1. The molecule has 120 valence electrons. The van der Waals surface area contributed by atoms with Gasteiger partial charge in [0.05, 0.1) is 0 Å². The van der Waals surface area contributed by atoms with E-state index < -0.39 is 5.60 Å². The smallest absolute Gasteiger partial charge is 0.407 e. The third-order valence-corrected chi connectivity index (χ3v) is 3.84. The maximum absolute atomic E-state index is 11.4. The molecule has 21 heavy (non-hydrogen) atoms. The second kappa shape index (κ2) is 8.39. The monoisotopic (exact) mass is 312 g/mol. The molecule has 5 heteroatoms. The van der Waals surface area contributed by atoms with Gasteiger partial charge in [-0.05, 0) is 66.1 Å². The first kappa shape index (κ1) is 18.0. The van der Waals surface area contributed by atoms with Crippen molar-refractivity contribution in [3.8, 4) is 0 Å². The predicted octanol–water partition coefficient (Wildman–Crippen LogP) is 3.49. The van der Waals surface area contributed by atoms with E-state index in [4.69, 9.17) is 4.74 Å². The van der Waals surface area contributed by atoms with Crippen molar-refractivity contribution in [1.82, 2.24) is 10.6 Å². The predicted molar refractivity (Wildman–Crippen MR) is 89.1 cm³/mol. The molecule has 0 aliphatic carbocycles. The molecule has 1 atom stereocenters. The van der Waals surface area contributed by atoms with Crippen molar-refractivity contribution in [3.63, 3.8) is 0 Å². The average molecular weight is 312 g/mol. The molecule has 0 spiro atoms. The molecule has 1 aromatic heterocycles. The van der Waals surface area contributed by atoms with Gasteiger partial charge in [-0.1, -0.05) is 0 Å². The number of rotatable bonds is 7. The van der Waals surface area contributed by atoms with E-state index in [0.717, 1.165) is 19.4 Å². The van der Waals surface area contributed by atoms with Crippen molar-refractivity contribution < 1.29 is 9.53 Å². The summed E-state index contributed by atoms with van der Waals surface area (Å²) in [4.78, 5) is 14.2. The number of hydrogen-bond acceptors (Lipinski definition) is 4. The van der Waals surface area contributed by atoms with Gasteiger partial charge in [-0.15, -0.1) is 11.3 Å². The minimum atomic E-state index is -0.435. The van der Waals surface area contributed by atoms with E-state index in [0.29, 0.717) is 12.6 Å². The van der Waals surface area contributed by atoms with Crippen molar-refractivity contribution >= 4 is 17.4 Å². The first-order chi connectivity index (χ1) is 9.76. The lowest BCUT2D eigenvalue weighted by Gasteiger charge is -2.19. The summed E-state index contributed by atoms with van der Waals surface area (Å²) in [5.74, 6) is 0. The summed E-state index contributed by atoms with van der Waals surface area (Å²) in [6.07, 6.45) is 1.61. The molecule has 2 N–H and O–H groups in total. The molecule has 1 unspecified atom stereocenters. The summed E-state index contributed by atoms with van der Waals surface area (Å²) < 4.78 is 5.18. The Hall–Kier alpha value is -1.07. The van der Waals surface area contributed by atoms with Crippen LogP contribution in [0.1, 0.15) is 43.9 Å². The highest BCUT2D eigenvalue weighted by molar-refractivity contribution is 7.11. The van der Waals surface area contributed by atoms with Crippen molar-refractivity contribution in [1.29, 1.82) is 0 Å². The lowest BCUT2D eigenvalue weighted by Crippen LogP contribution is -2.35. The van der Waals surface area contributed by atoms with Crippen LogP contribution < -0.4 is 10.6 Å². The van der Waals surface area contributed by atoms with Gasteiger partial charge in [-0.2, -0.15) is 0 Å². The number of carbonyl (C=O) groups is 1. The molecule has 1 amide bonds. The third-order valence-electron chi connectivity index (χ3n) is 2.82. The van der Waals surface area contributed by atoms with Gasteiger partial charge in [0, 0.05) is 22.3 Å². The number of alkyl carbamates (subject to hydrolysis) is 1. The van der Waals surface area contributed by atoms with Crippen molar-refractivity contribution in [2.45, 2.75) is 59.1 Å². The van der Waals surface area contributed by atoms with E-state index in [-0.39, 0.29) is 6.09 Å². The molecular weight excluding hydrogens is 284 g/mol. The topological polar surface area (TPSA) is 50.4 Å². The van der Waals surface area contributed by atoms with Crippen molar-refractivity contribution in [2.75, 3.05) is 13.1 Å². The van der Waals surface area contributed by atoms with Crippen molar-refractivity contribution in [3.05, 3.63) is 21.9 Å². The maximum Gasteiger partial charge on any atom is 0.407 e. The lowest BCUT2D eigenvalue weighted by molar-refractivity contribution is 0.0527. The first-order valence-electron chi connectivity index (χ1n) is 7.52. The Morgan fingerprint density at radius 2 is 2.05 bits per heavy atom. The number of nitrogens with one attached hydrogen (secondary N) is 2. The summed E-state index contributed by atoms with van der Waals surface area (Å²) in [5, 5.41) is 6.24. The van der Waals surface area contributed by atoms with Gasteiger partial charge in [0.2, 0.25) is 0 Å². The van der Waals surface area contributed by atoms with Gasteiger partial charge in [-0.3, -0.25) is 0 Å². The number of thiophene rings is 1. The molecule has 0 saturated carbocycles. The van der Waals surface area contributed by atoms with Gasteiger partial charge >= 0.3 is 6.09 Å². The Kier molecular flexibility index (Phi) is 7.18. The number of aryl methyl sites for hydroxylation is 1. The molecule has 0 aromatic carbocycles. The normalized spacial score (nSPS) is 13.0. The average Bonchev–Trinajstić information content (AvgIpc) is 2.71. The van der Waals surface area contributed by atoms with E-state index in [2.05, 4.69) is 36.6 Å². The molecular formula is C16H28N2O2S. The van der Waals surface area contributed by atoms with Gasteiger partial charge < -0.3 is 15.4 Å². The van der Waals surface area contributed by atoms with Crippen LogP contribution in [0.2, 0.25) is 0 Å². The van der Waals surface area contributed by atoms with Crippen LogP contribution in [0.4, 0.5) is 4.79 Å². The first-order valence-corrected chi connectivity index (χ1v) is 8.33. The molecule has 1 heterocycles. The number of hydrogen-bond donors (Lipinski definition) is 2. The van der Waals surface area contributed by atoms with E-state index in [9.17, 15) is 4.79 Å². The van der Waals surface area contributed by atoms with Crippen LogP contribution >= 0.6 is 11.3 Å². The van der Waals surface area contributed by atoms with E-state index in [1.165, 1.54) is 9.75 Å². The fourth-order valence-corrected chi connectivity index (χ4v) is 2.93. The second-order valence-electron chi connectivity index (χ2n) is 6.35. The van der Waals surface area contributed by atoms with Gasteiger partial charge in [0.1, 0.15) is 5.60 Å². The highest BCUT2D eigenvalue weighted by Gasteiger charge is 2.15. The zero-order chi connectivity index (χ0) is 15.9. The standard InChI is InChI=1S/C16H28N2O2S/c1-12(11-14-8-7-13(2)21-14)17-9-6-10-18-15(19)20-16(3,4)5/h7-8,12,17H,6,9-11H2,1-5H3,(H,18,19). The van der Waals surface area contributed by atoms with Crippen LogP contribution in [0.15, 0.2) is 12.1 Å². The van der Waals surface area contributed by atoms with Crippen LogP contribution in [0, 0.1) is 6.92 Å². The summed E-state index contributed by atoms with van der Waals surface area (Å²) in [7, 11) is 0. The van der Waals surface area contributed by atoms with Crippen LogP contribution in [-0.2, 0) is 11.2 Å². The van der Waals surface area contributed by atoms with E-state index >= 15 is 0 Å². The Bertz CT molecular complexity index is 438. The zero-order valence-electron chi connectivity index (χ0n) is 13.8. The molecule has 0 bridgehead atoms. The van der Waals surface area contributed by atoms with Crippen LogP contribution in [0.25, 0.3) is 0 Å². The summed E-state index contributed by atoms with van der Waals surface area (Å²) in [6, 6.07) is 4.81. The van der Waals surface area contributed by atoms with E-state index in [1.807, 2.05) is 32.1 Å². The largest absolute Gasteiger partial charge is 0.444 e. The van der Waals surface area contributed by atoms with Crippen molar-refractivity contribution in [2.24, 2.45) is 0 Å². The maximum atomic E-state index is 11.4. The molecule has 0 aliphatic heterocycles. The van der Waals surface area contributed by atoms with E-state index in [1.54, 1.807) is 0 Å². The Morgan fingerprint density at radius 1 is 1.33 bits per heavy atom. The van der Waals surface area contributed by atoms with Gasteiger partial charge in [0.15, 0.2) is 0 Å². The minimum absolute atomic E-state index is 0.343.